The molecule has 0 N–H and O–H groups in total. The molecule has 12 aromatic rings. The van der Waals surface area contributed by atoms with E-state index in [9.17, 15) is 0 Å². The Morgan fingerprint density at radius 3 is 1.48 bits per heavy atom. The first-order chi connectivity index (χ1) is 37.1. The second-order valence-electron chi connectivity index (χ2n) is 20.7. The standard InChI is InChI=1S/C73H52N2/c1-2-48-17-32-60(33-18-48)73(59-13-7-4-8-14-59)69-16-10-9-15-65(69)66-40-39-64(47-70(66)73)74(61-34-25-50(26-35-61)49-11-5-3-6-12-49)62-36-27-53(28-37-62)57-30-41-71-67(45-57)68-46-58(55-23-20-51-19-22-54(51)43-55)31-42-72(68)75(71)63-38-29-52-21-24-56(52)44-63/h2-18,20,23,25-47H,1,19,21-22,24H2. The summed E-state index contributed by atoms with van der Waals surface area (Å²) < 4.78 is 2.48. The number of benzene rings is 11. The first kappa shape index (κ1) is 43.4. The molecule has 0 bridgehead atoms. The number of hydrogen-bond donors (Lipinski definition) is 0. The molecule has 0 aliphatic heterocycles. The SMILES string of the molecule is C=Cc1ccc(C2(c3ccccc3)c3ccccc3-c3ccc(N(c4ccc(-c5ccccc5)cc4)c4ccc(-c5ccc6c(c5)c5cc(-c7ccc8c(c7)CC8)ccc5n6-c5ccc6c(c5)CC6)cc4)cc32)cc1. The van der Waals surface area contributed by atoms with E-state index in [4.69, 9.17) is 0 Å². The topological polar surface area (TPSA) is 8.17 Å². The second kappa shape index (κ2) is 17.2. The summed E-state index contributed by atoms with van der Waals surface area (Å²) in [5.74, 6) is 0. The molecule has 2 nitrogen and oxygen atoms in total. The zero-order valence-electron chi connectivity index (χ0n) is 41.7. The number of anilines is 3. The van der Waals surface area contributed by atoms with E-state index < -0.39 is 5.41 Å². The van der Waals surface area contributed by atoms with Crippen LogP contribution in [-0.4, -0.2) is 4.57 Å². The van der Waals surface area contributed by atoms with Crippen molar-refractivity contribution in [3.63, 3.8) is 0 Å². The summed E-state index contributed by atoms with van der Waals surface area (Å²) in [5, 5.41) is 2.54. The van der Waals surface area contributed by atoms with Crippen molar-refractivity contribution in [2.75, 3.05) is 4.90 Å². The molecule has 1 unspecified atom stereocenters. The lowest BCUT2D eigenvalue weighted by atomic mass is 9.67. The zero-order valence-corrected chi connectivity index (χ0v) is 41.7. The molecule has 0 fully saturated rings. The predicted octanol–water partition coefficient (Wildman–Crippen LogP) is 18.5. The van der Waals surface area contributed by atoms with Crippen molar-refractivity contribution in [3.05, 3.63) is 305 Å². The van der Waals surface area contributed by atoms with Crippen molar-refractivity contribution in [1.29, 1.82) is 0 Å². The van der Waals surface area contributed by atoms with E-state index in [2.05, 4.69) is 265 Å². The van der Waals surface area contributed by atoms with Gasteiger partial charge in [-0.2, -0.15) is 0 Å². The molecule has 1 heterocycles. The van der Waals surface area contributed by atoms with E-state index in [1.54, 1.807) is 0 Å². The van der Waals surface area contributed by atoms with Crippen LogP contribution in [0.5, 0.6) is 0 Å². The third kappa shape index (κ3) is 6.86. The average molecular weight is 957 g/mol. The fraction of sp³-hybridized carbons (Fsp3) is 0.0685. The fourth-order valence-electron chi connectivity index (χ4n) is 12.8. The van der Waals surface area contributed by atoms with Crippen LogP contribution in [0.3, 0.4) is 0 Å². The molecule has 0 radical (unpaired) electrons. The summed E-state index contributed by atoms with van der Waals surface area (Å²) in [5.41, 5.74) is 28.3. The Labute approximate surface area is 438 Å². The summed E-state index contributed by atoms with van der Waals surface area (Å²) in [6.45, 7) is 4.09. The maximum Gasteiger partial charge on any atom is 0.0714 e. The van der Waals surface area contributed by atoms with Gasteiger partial charge in [-0.05, 0) is 193 Å². The second-order valence-corrected chi connectivity index (χ2v) is 20.7. The molecule has 11 aromatic carbocycles. The third-order valence-corrected chi connectivity index (χ3v) is 16.8. The maximum atomic E-state index is 4.09. The van der Waals surface area contributed by atoms with Gasteiger partial charge in [0.1, 0.15) is 0 Å². The monoisotopic (exact) mass is 956 g/mol. The fourth-order valence-corrected chi connectivity index (χ4v) is 12.8. The van der Waals surface area contributed by atoms with Gasteiger partial charge in [-0.25, -0.2) is 0 Å². The molecule has 0 amide bonds. The molecule has 3 aliphatic carbocycles. The van der Waals surface area contributed by atoms with Crippen LogP contribution in [0, 0.1) is 0 Å². The zero-order chi connectivity index (χ0) is 49.6. The van der Waals surface area contributed by atoms with Gasteiger partial charge in [0.25, 0.3) is 0 Å². The summed E-state index contributed by atoms with van der Waals surface area (Å²) >= 11 is 0. The van der Waals surface area contributed by atoms with E-state index in [0.29, 0.717) is 0 Å². The van der Waals surface area contributed by atoms with E-state index in [0.717, 1.165) is 29.0 Å². The Bertz CT molecular complexity index is 4220. The normalized spacial score (nSPS) is 14.8. The molecule has 1 aromatic heterocycles. The Kier molecular flexibility index (Phi) is 9.94. The van der Waals surface area contributed by atoms with Crippen LogP contribution in [0.2, 0.25) is 0 Å². The highest BCUT2D eigenvalue weighted by Gasteiger charge is 2.46. The Morgan fingerprint density at radius 1 is 0.360 bits per heavy atom. The van der Waals surface area contributed by atoms with Crippen LogP contribution in [0.15, 0.2) is 255 Å². The van der Waals surface area contributed by atoms with Crippen LogP contribution in [0.4, 0.5) is 17.1 Å². The van der Waals surface area contributed by atoms with Gasteiger partial charge in [-0.1, -0.05) is 189 Å². The Morgan fingerprint density at radius 2 is 0.853 bits per heavy atom. The molecule has 0 spiro atoms. The molecule has 0 saturated heterocycles. The van der Waals surface area contributed by atoms with E-state index in [-0.39, 0.29) is 0 Å². The van der Waals surface area contributed by atoms with E-state index in [1.807, 2.05) is 6.08 Å². The van der Waals surface area contributed by atoms with Crippen molar-refractivity contribution in [3.8, 4) is 50.2 Å². The van der Waals surface area contributed by atoms with Crippen LogP contribution in [0.1, 0.15) is 50.1 Å². The number of fused-ring (bicyclic) bond motifs is 8. The van der Waals surface area contributed by atoms with Gasteiger partial charge < -0.3 is 9.47 Å². The number of nitrogens with zero attached hydrogens (tertiary/aromatic N) is 2. The van der Waals surface area contributed by atoms with Gasteiger partial charge in [0.05, 0.1) is 16.4 Å². The highest BCUT2D eigenvalue weighted by molar-refractivity contribution is 6.12. The van der Waals surface area contributed by atoms with E-state index in [1.165, 1.54) is 136 Å². The minimum atomic E-state index is -0.554. The number of rotatable bonds is 10. The van der Waals surface area contributed by atoms with Crippen LogP contribution >= 0.6 is 0 Å². The molecule has 3 aliphatic rings. The van der Waals surface area contributed by atoms with Gasteiger partial charge in [0, 0.05) is 33.5 Å². The van der Waals surface area contributed by atoms with Crippen LogP contribution < -0.4 is 4.90 Å². The first-order valence-electron chi connectivity index (χ1n) is 26.5. The average Bonchev–Trinajstić information content (AvgIpc) is 4.07. The summed E-state index contributed by atoms with van der Waals surface area (Å²) in [4.78, 5) is 2.43. The van der Waals surface area contributed by atoms with Gasteiger partial charge in [0.2, 0.25) is 0 Å². The number of hydrogen-bond acceptors (Lipinski definition) is 1. The summed E-state index contributed by atoms with van der Waals surface area (Å²) in [6, 6.07) is 93.4. The predicted molar refractivity (Wildman–Crippen MR) is 314 cm³/mol. The van der Waals surface area contributed by atoms with Crippen molar-refractivity contribution in [2.24, 2.45) is 0 Å². The quantitative estimate of drug-likeness (QED) is 0.133. The minimum absolute atomic E-state index is 0.554. The molecular weight excluding hydrogens is 905 g/mol. The number of aromatic nitrogens is 1. The summed E-state index contributed by atoms with van der Waals surface area (Å²) in [7, 11) is 0. The van der Waals surface area contributed by atoms with Crippen LogP contribution in [0.25, 0.3) is 78.1 Å². The van der Waals surface area contributed by atoms with Gasteiger partial charge in [-0.15, -0.1) is 0 Å². The first-order valence-corrected chi connectivity index (χ1v) is 26.5. The van der Waals surface area contributed by atoms with Crippen molar-refractivity contribution >= 4 is 44.9 Å². The van der Waals surface area contributed by atoms with Crippen molar-refractivity contribution in [1.82, 2.24) is 4.57 Å². The molecule has 1 atom stereocenters. The molecule has 15 rings (SSSR count). The smallest absolute Gasteiger partial charge is 0.0714 e. The lowest BCUT2D eigenvalue weighted by molar-refractivity contribution is 0.768. The van der Waals surface area contributed by atoms with Crippen LogP contribution in [-0.2, 0) is 31.1 Å². The lowest BCUT2D eigenvalue weighted by Crippen LogP contribution is -2.28. The summed E-state index contributed by atoms with van der Waals surface area (Å²) in [6.07, 6.45) is 6.62. The molecule has 0 saturated carbocycles. The van der Waals surface area contributed by atoms with Gasteiger partial charge >= 0.3 is 0 Å². The highest BCUT2D eigenvalue weighted by atomic mass is 15.1. The highest BCUT2D eigenvalue weighted by Crippen LogP contribution is 2.57. The molecular formula is C73H52N2. The van der Waals surface area contributed by atoms with Gasteiger partial charge in [0.15, 0.2) is 0 Å². The maximum absolute atomic E-state index is 4.09. The van der Waals surface area contributed by atoms with Crippen molar-refractivity contribution < 1.29 is 0 Å². The third-order valence-electron chi connectivity index (χ3n) is 16.8. The number of aryl methyl sites for hydroxylation is 4. The molecule has 2 heteroatoms. The minimum Gasteiger partial charge on any atom is -0.310 e. The Hall–Kier alpha value is -9.24. The van der Waals surface area contributed by atoms with Gasteiger partial charge in [-0.3, -0.25) is 0 Å². The lowest BCUT2D eigenvalue weighted by Gasteiger charge is -2.35. The Balaban J connectivity index is 0.878. The van der Waals surface area contributed by atoms with Crippen molar-refractivity contribution in [2.45, 2.75) is 31.1 Å². The van der Waals surface area contributed by atoms with E-state index >= 15 is 0 Å². The molecule has 354 valence electrons. The molecule has 75 heavy (non-hydrogen) atoms. The largest absolute Gasteiger partial charge is 0.310 e.